The van der Waals surface area contributed by atoms with Crippen LogP contribution in [0.3, 0.4) is 0 Å². The number of nitrogens with one attached hydrogen (secondary N) is 1. The van der Waals surface area contributed by atoms with Crippen LogP contribution in [0, 0.1) is 5.92 Å². The number of hydrogen-bond donors (Lipinski definition) is 1. The van der Waals surface area contributed by atoms with E-state index in [4.69, 9.17) is 4.74 Å². The Morgan fingerprint density at radius 3 is 2.55 bits per heavy atom. The van der Waals surface area contributed by atoms with Crippen LogP contribution in [-0.2, 0) is 11.2 Å². The highest BCUT2D eigenvalue weighted by atomic mass is 16.5. The average Bonchev–Trinajstić information content (AvgIpc) is 2.48. The Bertz CT molecular complexity index is 423. The van der Waals surface area contributed by atoms with Gasteiger partial charge in [0.2, 0.25) is 5.91 Å². The molecule has 20 heavy (non-hydrogen) atoms. The fourth-order valence-electron chi connectivity index (χ4n) is 2.54. The summed E-state index contributed by atoms with van der Waals surface area (Å²) in [5.41, 5.74) is 1.22. The molecule has 1 amide bonds. The van der Waals surface area contributed by atoms with Crippen molar-refractivity contribution >= 4 is 5.91 Å². The maximum atomic E-state index is 12.0. The molecule has 1 saturated heterocycles. The molecule has 1 aliphatic rings. The van der Waals surface area contributed by atoms with Crippen LogP contribution in [0.5, 0.6) is 5.75 Å². The third kappa shape index (κ3) is 4.23. The maximum Gasteiger partial charge on any atom is 0.223 e. The van der Waals surface area contributed by atoms with Crippen LogP contribution in [-0.4, -0.2) is 44.6 Å². The number of nitrogens with zero attached hydrogens (tertiary/aromatic N) is 1. The first kappa shape index (κ1) is 14.9. The minimum Gasteiger partial charge on any atom is -0.497 e. The van der Waals surface area contributed by atoms with E-state index in [-0.39, 0.29) is 11.8 Å². The summed E-state index contributed by atoms with van der Waals surface area (Å²) < 4.78 is 5.13. The topological polar surface area (TPSA) is 41.6 Å². The van der Waals surface area contributed by atoms with E-state index >= 15 is 0 Å². The van der Waals surface area contributed by atoms with E-state index in [1.165, 1.54) is 5.56 Å². The van der Waals surface area contributed by atoms with Gasteiger partial charge in [-0.2, -0.15) is 0 Å². The molecular formula is C16H24N2O2. The van der Waals surface area contributed by atoms with Crippen molar-refractivity contribution in [1.82, 2.24) is 10.2 Å². The molecule has 1 aliphatic heterocycles. The molecule has 0 aliphatic carbocycles. The van der Waals surface area contributed by atoms with E-state index in [2.05, 4.69) is 17.3 Å². The van der Waals surface area contributed by atoms with Crippen molar-refractivity contribution in [2.24, 2.45) is 5.92 Å². The van der Waals surface area contributed by atoms with Gasteiger partial charge in [-0.25, -0.2) is 0 Å². The van der Waals surface area contributed by atoms with Crippen molar-refractivity contribution in [2.75, 3.05) is 33.8 Å². The Balaban J connectivity index is 1.70. The number of rotatable bonds is 5. The van der Waals surface area contributed by atoms with Crippen LogP contribution >= 0.6 is 0 Å². The Morgan fingerprint density at radius 2 is 1.95 bits per heavy atom. The second-order valence-corrected chi connectivity index (χ2v) is 5.47. The molecule has 0 saturated carbocycles. The van der Waals surface area contributed by atoms with Crippen LogP contribution in [0.2, 0.25) is 0 Å². The molecule has 1 N–H and O–H groups in total. The Hall–Kier alpha value is -1.55. The molecule has 0 spiro atoms. The number of ether oxygens (including phenoxy) is 1. The third-order valence-electron chi connectivity index (χ3n) is 3.96. The molecule has 0 radical (unpaired) electrons. The number of benzene rings is 1. The van der Waals surface area contributed by atoms with E-state index in [0.717, 1.165) is 38.1 Å². The smallest absolute Gasteiger partial charge is 0.223 e. The largest absolute Gasteiger partial charge is 0.497 e. The molecule has 1 aromatic carbocycles. The third-order valence-corrected chi connectivity index (χ3v) is 3.96. The predicted octanol–water partition coefficient (Wildman–Crippen LogP) is 1.70. The Labute approximate surface area is 121 Å². The highest BCUT2D eigenvalue weighted by molar-refractivity contribution is 5.78. The van der Waals surface area contributed by atoms with Gasteiger partial charge in [0.25, 0.3) is 0 Å². The van der Waals surface area contributed by atoms with E-state index in [1.807, 2.05) is 24.3 Å². The van der Waals surface area contributed by atoms with Crippen molar-refractivity contribution < 1.29 is 9.53 Å². The number of amides is 1. The summed E-state index contributed by atoms with van der Waals surface area (Å²) >= 11 is 0. The number of piperidine rings is 1. The summed E-state index contributed by atoms with van der Waals surface area (Å²) in [5, 5.41) is 3.06. The van der Waals surface area contributed by atoms with Crippen molar-refractivity contribution in [3.05, 3.63) is 29.8 Å². The van der Waals surface area contributed by atoms with Gasteiger partial charge in [0.05, 0.1) is 7.11 Å². The second-order valence-electron chi connectivity index (χ2n) is 5.47. The minimum absolute atomic E-state index is 0.196. The van der Waals surface area contributed by atoms with E-state index in [0.29, 0.717) is 6.54 Å². The monoisotopic (exact) mass is 276 g/mol. The molecule has 0 unspecified atom stereocenters. The molecule has 0 aromatic heterocycles. The van der Waals surface area contributed by atoms with Crippen LogP contribution in [0.1, 0.15) is 18.4 Å². The summed E-state index contributed by atoms with van der Waals surface area (Å²) in [6, 6.07) is 7.99. The fourth-order valence-corrected chi connectivity index (χ4v) is 2.54. The van der Waals surface area contributed by atoms with Gasteiger partial charge < -0.3 is 15.0 Å². The first-order valence-electron chi connectivity index (χ1n) is 7.28. The molecule has 1 heterocycles. The number of likely N-dealkylation sites (tertiary alicyclic amines) is 1. The molecule has 0 atom stereocenters. The predicted molar refractivity (Wildman–Crippen MR) is 79.9 cm³/mol. The first-order valence-corrected chi connectivity index (χ1v) is 7.28. The Kier molecular flexibility index (Phi) is 5.41. The molecule has 110 valence electrons. The molecule has 4 nitrogen and oxygen atoms in total. The quantitative estimate of drug-likeness (QED) is 0.890. The van der Waals surface area contributed by atoms with Gasteiger partial charge in [-0.3, -0.25) is 4.79 Å². The SMILES string of the molecule is COc1ccc(CCNC(=O)C2CCN(C)CC2)cc1. The van der Waals surface area contributed by atoms with Gasteiger partial charge in [-0.1, -0.05) is 12.1 Å². The zero-order valence-electron chi connectivity index (χ0n) is 12.4. The Morgan fingerprint density at radius 1 is 1.30 bits per heavy atom. The van der Waals surface area contributed by atoms with Gasteiger partial charge in [-0.15, -0.1) is 0 Å². The van der Waals surface area contributed by atoms with Crippen LogP contribution in [0.25, 0.3) is 0 Å². The minimum atomic E-state index is 0.196. The van der Waals surface area contributed by atoms with E-state index < -0.39 is 0 Å². The van der Waals surface area contributed by atoms with Crippen LogP contribution < -0.4 is 10.1 Å². The van der Waals surface area contributed by atoms with Crippen molar-refractivity contribution in [3.8, 4) is 5.75 Å². The number of methoxy groups -OCH3 is 1. The summed E-state index contributed by atoms with van der Waals surface area (Å²) in [6.45, 7) is 2.75. The molecule has 1 aromatic rings. The zero-order valence-corrected chi connectivity index (χ0v) is 12.4. The second kappa shape index (κ2) is 7.29. The molecule has 4 heteroatoms. The van der Waals surface area contributed by atoms with Crippen molar-refractivity contribution in [2.45, 2.75) is 19.3 Å². The highest BCUT2D eigenvalue weighted by Gasteiger charge is 2.22. The zero-order chi connectivity index (χ0) is 14.4. The van der Waals surface area contributed by atoms with E-state index in [1.54, 1.807) is 7.11 Å². The standard InChI is InChI=1S/C16H24N2O2/c1-18-11-8-14(9-12-18)16(19)17-10-7-13-3-5-15(20-2)6-4-13/h3-6,14H,7-12H2,1-2H3,(H,17,19). The van der Waals surface area contributed by atoms with Gasteiger partial charge in [0, 0.05) is 12.5 Å². The normalized spacial score (nSPS) is 16.9. The van der Waals surface area contributed by atoms with Gasteiger partial charge >= 0.3 is 0 Å². The lowest BCUT2D eigenvalue weighted by Gasteiger charge is -2.28. The number of carbonyl (C=O) groups excluding carboxylic acids is 1. The molecule has 0 bridgehead atoms. The summed E-state index contributed by atoms with van der Waals surface area (Å²) in [6.07, 6.45) is 2.82. The fraction of sp³-hybridized carbons (Fsp3) is 0.562. The lowest BCUT2D eigenvalue weighted by molar-refractivity contribution is -0.126. The average molecular weight is 276 g/mol. The van der Waals surface area contributed by atoms with Crippen molar-refractivity contribution in [1.29, 1.82) is 0 Å². The summed E-state index contributed by atoms with van der Waals surface area (Å²) in [5.74, 6) is 1.28. The number of carbonyl (C=O) groups is 1. The first-order chi connectivity index (χ1) is 9.69. The van der Waals surface area contributed by atoms with Crippen LogP contribution in [0.4, 0.5) is 0 Å². The van der Waals surface area contributed by atoms with Gasteiger partial charge in [-0.05, 0) is 57.1 Å². The lowest BCUT2D eigenvalue weighted by atomic mass is 9.96. The van der Waals surface area contributed by atoms with E-state index in [9.17, 15) is 4.79 Å². The van der Waals surface area contributed by atoms with Crippen molar-refractivity contribution in [3.63, 3.8) is 0 Å². The molecule has 1 fully saturated rings. The molecule has 2 rings (SSSR count). The maximum absolute atomic E-state index is 12.0. The van der Waals surface area contributed by atoms with Gasteiger partial charge in [0.15, 0.2) is 0 Å². The highest BCUT2D eigenvalue weighted by Crippen LogP contribution is 2.16. The lowest BCUT2D eigenvalue weighted by Crippen LogP contribution is -2.39. The number of hydrogen-bond acceptors (Lipinski definition) is 3. The van der Waals surface area contributed by atoms with Crippen LogP contribution in [0.15, 0.2) is 24.3 Å². The summed E-state index contributed by atoms with van der Waals surface area (Å²) in [4.78, 5) is 14.3. The van der Waals surface area contributed by atoms with Gasteiger partial charge in [0.1, 0.15) is 5.75 Å². The molecular weight excluding hydrogens is 252 g/mol. The summed E-state index contributed by atoms with van der Waals surface area (Å²) in [7, 11) is 3.77.